The number of nitrogens with zero attached hydrogens (tertiary/aromatic N) is 2. The molecular formula is C16H18N2O3. The Hall–Kier alpha value is -2.14. The third-order valence-electron chi connectivity index (χ3n) is 3.98. The van der Waals surface area contributed by atoms with E-state index >= 15 is 0 Å². The van der Waals surface area contributed by atoms with Crippen molar-refractivity contribution in [1.82, 2.24) is 9.80 Å². The summed E-state index contributed by atoms with van der Waals surface area (Å²) in [6, 6.07) is 8.86. The number of amides is 1. The summed E-state index contributed by atoms with van der Waals surface area (Å²) in [5, 5.41) is 0.771. The highest BCUT2D eigenvalue weighted by atomic mass is 16.4. The maximum atomic E-state index is 12.5. The molecule has 0 aliphatic carbocycles. The zero-order valence-electron chi connectivity index (χ0n) is 12.0. The Morgan fingerprint density at radius 1 is 1.19 bits per heavy atom. The first kappa shape index (κ1) is 13.8. The van der Waals surface area contributed by atoms with Crippen molar-refractivity contribution in [1.29, 1.82) is 0 Å². The van der Waals surface area contributed by atoms with Crippen LogP contribution in [-0.2, 0) is 0 Å². The van der Waals surface area contributed by atoms with Crippen molar-refractivity contribution in [2.45, 2.75) is 6.92 Å². The lowest BCUT2D eigenvalue weighted by Crippen LogP contribution is -2.49. The smallest absolute Gasteiger partial charge is 0.349 e. The fourth-order valence-electron chi connectivity index (χ4n) is 2.65. The molecule has 0 saturated carbocycles. The number of para-hydroxylation sites is 1. The molecule has 5 nitrogen and oxygen atoms in total. The van der Waals surface area contributed by atoms with Crippen LogP contribution in [0.5, 0.6) is 0 Å². The van der Waals surface area contributed by atoms with Gasteiger partial charge in [-0.1, -0.05) is 25.1 Å². The van der Waals surface area contributed by atoms with Crippen molar-refractivity contribution in [3.63, 3.8) is 0 Å². The Labute approximate surface area is 122 Å². The van der Waals surface area contributed by atoms with E-state index < -0.39 is 5.63 Å². The standard InChI is InChI=1S/C16H18N2O3/c1-2-17-7-9-18(10-8-17)15(19)13-11-12-5-3-4-6-14(12)21-16(13)20/h3-6,11H,2,7-10H2,1H3. The first-order valence-electron chi connectivity index (χ1n) is 7.23. The maximum absolute atomic E-state index is 12.5. The predicted molar refractivity (Wildman–Crippen MR) is 80.5 cm³/mol. The molecule has 0 atom stereocenters. The molecule has 0 bridgehead atoms. The molecule has 2 aromatic rings. The van der Waals surface area contributed by atoms with Crippen LogP contribution in [0, 0.1) is 0 Å². The fourth-order valence-corrected chi connectivity index (χ4v) is 2.65. The first-order chi connectivity index (χ1) is 10.2. The van der Waals surface area contributed by atoms with Gasteiger partial charge < -0.3 is 14.2 Å². The van der Waals surface area contributed by atoms with Crippen LogP contribution in [0.2, 0.25) is 0 Å². The lowest BCUT2D eigenvalue weighted by Gasteiger charge is -2.33. The number of carbonyl (C=O) groups is 1. The molecule has 1 aliphatic rings. The Bertz CT molecular complexity index is 715. The van der Waals surface area contributed by atoms with E-state index in [1.54, 1.807) is 23.1 Å². The lowest BCUT2D eigenvalue weighted by molar-refractivity contribution is 0.0639. The molecule has 110 valence electrons. The number of carbonyl (C=O) groups excluding carboxylic acids is 1. The minimum Gasteiger partial charge on any atom is -0.422 e. The van der Waals surface area contributed by atoms with Gasteiger partial charge in [0.2, 0.25) is 0 Å². The number of benzene rings is 1. The van der Waals surface area contributed by atoms with Crippen LogP contribution in [0.4, 0.5) is 0 Å². The Morgan fingerprint density at radius 3 is 2.62 bits per heavy atom. The maximum Gasteiger partial charge on any atom is 0.349 e. The van der Waals surface area contributed by atoms with Crippen molar-refractivity contribution in [3.05, 3.63) is 46.3 Å². The molecule has 3 rings (SSSR count). The molecule has 5 heteroatoms. The van der Waals surface area contributed by atoms with Gasteiger partial charge in [0.15, 0.2) is 0 Å². The van der Waals surface area contributed by atoms with Gasteiger partial charge in [0.05, 0.1) is 0 Å². The highest BCUT2D eigenvalue weighted by molar-refractivity contribution is 5.96. The summed E-state index contributed by atoms with van der Waals surface area (Å²) in [4.78, 5) is 28.5. The number of fused-ring (bicyclic) bond motifs is 1. The van der Waals surface area contributed by atoms with Crippen molar-refractivity contribution < 1.29 is 9.21 Å². The molecule has 0 N–H and O–H groups in total. The van der Waals surface area contributed by atoms with Crippen molar-refractivity contribution >= 4 is 16.9 Å². The molecule has 1 fully saturated rings. The average molecular weight is 286 g/mol. The summed E-state index contributed by atoms with van der Waals surface area (Å²) in [6.07, 6.45) is 0. The molecule has 1 aromatic heterocycles. The normalized spacial score (nSPS) is 16.3. The second-order valence-corrected chi connectivity index (χ2v) is 5.21. The summed E-state index contributed by atoms with van der Waals surface area (Å²) in [5.41, 5.74) is 0.0742. The minimum absolute atomic E-state index is 0.124. The highest BCUT2D eigenvalue weighted by Gasteiger charge is 2.24. The number of piperazine rings is 1. The molecule has 2 heterocycles. The van der Waals surface area contributed by atoms with E-state index in [4.69, 9.17) is 4.42 Å². The minimum atomic E-state index is -0.559. The van der Waals surface area contributed by atoms with Gasteiger partial charge >= 0.3 is 5.63 Å². The van der Waals surface area contributed by atoms with Crippen LogP contribution in [0.1, 0.15) is 17.3 Å². The van der Waals surface area contributed by atoms with Gasteiger partial charge in [0.25, 0.3) is 5.91 Å². The van der Waals surface area contributed by atoms with Crippen LogP contribution in [0.15, 0.2) is 39.5 Å². The Morgan fingerprint density at radius 2 is 1.90 bits per heavy atom. The highest BCUT2D eigenvalue weighted by Crippen LogP contribution is 2.14. The van der Waals surface area contributed by atoms with Gasteiger partial charge in [-0.25, -0.2) is 4.79 Å². The van der Waals surface area contributed by atoms with Crippen LogP contribution in [0.25, 0.3) is 11.0 Å². The summed E-state index contributed by atoms with van der Waals surface area (Å²) < 4.78 is 5.23. The molecule has 1 amide bonds. The van der Waals surface area contributed by atoms with E-state index in [2.05, 4.69) is 11.8 Å². The third-order valence-corrected chi connectivity index (χ3v) is 3.98. The Balaban J connectivity index is 1.88. The molecule has 0 spiro atoms. The van der Waals surface area contributed by atoms with E-state index in [-0.39, 0.29) is 11.5 Å². The number of rotatable bonds is 2. The van der Waals surface area contributed by atoms with Crippen molar-refractivity contribution in [3.8, 4) is 0 Å². The fraction of sp³-hybridized carbons (Fsp3) is 0.375. The van der Waals surface area contributed by atoms with E-state index in [1.165, 1.54) is 0 Å². The average Bonchev–Trinajstić information content (AvgIpc) is 2.53. The van der Waals surface area contributed by atoms with Crippen LogP contribution < -0.4 is 5.63 Å². The molecule has 1 saturated heterocycles. The van der Waals surface area contributed by atoms with Gasteiger partial charge in [0, 0.05) is 31.6 Å². The Kier molecular flexibility index (Phi) is 3.75. The number of likely N-dealkylation sites (N-methyl/N-ethyl adjacent to an activating group) is 1. The van der Waals surface area contributed by atoms with Crippen LogP contribution >= 0.6 is 0 Å². The summed E-state index contributed by atoms with van der Waals surface area (Å²) in [6.45, 7) is 6.09. The van der Waals surface area contributed by atoms with Gasteiger partial charge in [-0.15, -0.1) is 0 Å². The molecule has 1 aliphatic heterocycles. The quantitative estimate of drug-likeness (QED) is 0.786. The molecule has 21 heavy (non-hydrogen) atoms. The largest absolute Gasteiger partial charge is 0.422 e. The SMILES string of the molecule is CCN1CCN(C(=O)c2cc3ccccc3oc2=O)CC1. The zero-order chi connectivity index (χ0) is 14.8. The van der Waals surface area contributed by atoms with E-state index in [9.17, 15) is 9.59 Å². The zero-order valence-corrected chi connectivity index (χ0v) is 12.0. The predicted octanol–water partition coefficient (Wildman–Crippen LogP) is 1.57. The number of hydrogen-bond acceptors (Lipinski definition) is 4. The van der Waals surface area contributed by atoms with Gasteiger partial charge in [0.1, 0.15) is 11.1 Å². The molecule has 0 radical (unpaired) electrons. The monoisotopic (exact) mass is 286 g/mol. The van der Waals surface area contributed by atoms with Gasteiger partial charge in [-0.2, -0.15) is 0 Å². The molecule has 0 unspecified atom stereocenters. The third kappa shape index (κ3) is 2.69. The van der Waals surface area contributed by atoms with Gasteiger partial charge in [-0.3, -0.25) is 4.79 Å². The van der Waals surface area contributed by atoms with E-state index in [0.717, 1.165) is 25.0 Å². The summed E-state index contributed by atoms with van der Waals surface area (Å²) >= 11 is 0. The van der Waals surface area contributed by atoms with Crippen molar-refractivity contribution in [2.24, 2.45) is 0 Å². The van der Waals surface area contributed by atoms with Crippen LogP contribution in [-0.4, -0.2) is 48.4 Å². The van der Waals surface area contributed by atoms with Crippen LogP contribution in [0.3, 0.4) is 0 Å². The molecule has 1 aromatic carbocycles. The number of hydrogen-bond donors (Lipinski definition) is 0. The topological polar surface area (TPSA) is 53.8 Å². The molecular weight excluding hydrogens is 268 g/mol. The second-order valence-electron chi connectivity index (χ2n) is 5.21. The summed E-state index contributed by atoms with van der Waals surface area (Å²) in [5.74, 6) is -0.231. The summed E-state index contributed by atoms with van der Waals surface area (Å²) in [7, 11) is 0. The second kappa shape index (κ2) is 5.69. The van der Waals surface area contributed by atoms with E-state index in [0.29, 0.717) is 18.7 Å². The lowest BCUT2D eigenvalue weighted by atomic mass is 10.1. The first-order valence-corrected chi connectivity index (χ1v) is 7.23. The van der Waals surface area contributed by atoms with Gasteiger partial charge in [-0.05, 0) is 18.7 Å². The van der Waals surface area contributed by atoms with E-state index in [1.807, 2.05) is 12.1 Å². The van der Waals surface area contributed by atoms with Crippen molar-refractivity contribution in [2.75, 3.05) is 32.7 Å².